The Morgan fingerprint density at radius 1 is 1.44 bits per heavy atom. The standard InChI is InChI=1S/C7H7BrS/c8-6-2-1-3-7(9)5-4-6/h1-2,4-5,9H,3H2. The molecule has 0 fully saturated rings. The van der Waals surface area contributed by atoms with Crippen molar-refractivity contribution in [1.29, 1.82) is 0 Å². The summed E-state index contributed by atoms with van der Waals surface area (Å²) in [5.74, 6) is 0. The summed E-state index contributed by atoms with van der Waals surface area (Å²) < 4.78 is 1.10. The van der Waals surface area contributed by atoms with Gasteiger partial charge in [-0.05, 0) is 17.4 Å². The van der Waals surface area contributed by atoms with Crippen LogP contribution in [-0.2, 0) is 0 Å². The predicted octanol–water partition coefficient (Wildman–Crippen LogP) is 3.04. The van der Waals surface area contributed by atoms with Crippen molar-refractivity contribution in [3.8, 4) is 0 Å². The second kappa shape index (κ2) is 3.28. The maximum Gasteiger partial charge on any atom is 0.0172 e. The number of hydrogen-bond acceptors (Lipinski definition) is 1. The minimum atomic E-state index is 0.939. The molecule has 1 aliphatic rings. The van der Waals surface area contributed by atoms with Crippen molar-refractivity contribution in [1.82, 2.24) is 0 Å². The van der Waals surface area contributed by atoms with Crippen LogP contribution in [0.4, 0.5) is 0 Å². The average molecular weight is 203 g/mol. The summed E-state index contributed by atoms with van der Waals surface area (Å²) in [5, 5.41) is 0. The molecule has 0 aromatic rings. The SMILES string of the molecule is SC1=CC=C(Br)C=CC1. The molecule has 9 heavy (non-hydrogen) atoms. The van der Waals surface area contributed by atoms with Gasteiger partial charge in [0.1, 0.15) is 0 Å². The second-order valence-corrected chi connectivity index (χ2v) is 3.31. The van der Waals surface area contributed by atoms with Gasteiger partial charge in [-0.15, -0.1) is 12.6 Å². The van der Waals surface area contributed by atoms with Gasteiger partial charge in [0, 0.05) is 4.48 Å². The van der Waals surface area contributed by atoms with Crippen LogP contribution in [0.25, 0.3) is 0 Å². The molecule has 0 spiro atoms. The van der Waals surface area contributed by atoms with E-state index in [4.69, 9.17) is 0 Å². The highest BCUT2D eigenvalue weighted by molar-refractivity contribution is 9.11. The van der Waals surface area contributed by atoms with E-state index in [1.54, 1.807) is 0 Å². The molecule has 0 heterocycles. The van der Waals surface area contributed by atoms with E-state index in [2.05, 4.69) is 34.6 Å². The Labute approximate surface area is 68.9 Å². The lowest BCUT2D eigenvalue weighted by atomic mass is 10.4. The van der Waals surface area contributed by atoms with Crippen molar-refractivity contribution in [2.75, 3.05) is 0 Å². The third kappa shape index (κ3) is 2.41. The van der Waals surface area contributed by atoms with E-state index < -0.39 is 0 Å². The van der Waals surface area contributed by atoms with Gasteiger partial charge in [0.2, 0.25) is 0 Å². The number of rotatable bonds is 0. The maximum atomic E-state index is 4.22. The van der Waals surface area contributed by atoms with E-state index in [1.807, 2.05) is 18.2 Å². The van der Waals surface area contributed by atoms with Crippen LogP contribution in [0.1, 0.15) is 6.42 Å². The number of thiol groups is 1. The summed E-state index contributed by atoms with van der Waals surface area (Å²) in [7, 11) is 0. The Hall–Kier alpha value is 0.0500. The molecule has 0 nitrogen and oxygen atoms in total. The largest absolute Gasteiger partial charge is 0.148 e. The molecule has 0 N–H and O–H groups in total. The molecule has 0 bridgehead atoms. The van der Waals surface area contributed by atoms with Crippen LogP contribution in [0.15, 0.2) is 33.7 Å². The Kier molecular flexibility index (Phi) is 2.61. The van der Waals surface area contributed by atoms with Gasteiger partial charge in [-0.2, -0.15) is 0 Å². The van der Waals surface area contributed by atoms with Crippen LogP contribution in [0.2, 0.25) is 0 Å². The molecular formula is C7H7BrS. The summed E-state index contributed by atoms with van der Waals surface area (Å²) in [5.41, 5.74) is 0. The van der Waals surface area contributed by atoms with E-state index in [-0.39, 0.29) is 0 Å². The van der Waals surface area contributed by atoms with E-state index in [0.29, 0.717) is 0 Å². The average Bonchev–Trinajstić information content (AvgIpc) is 1.97. The highest BCUT2D eigenvalue weighted by atomic mass is 79.9. The normalized spacial score (nSPS) is 18.4. The fourth-order valence-corrected chi connectivity index (χ4v) is 1.09. The number of allylic oxidation sites excluding steroid dienone is 6. The van der Waals surface area contributed by atoms with Crippen molar-refractivity contribution < 1.29 is 0 Å². The monoisotopic (exact) mass is 202 g/mol. The topological polar surface area (TPSA) is 0 Å². The molecule has 1 rings (SSSR count). The van der Waals surface area contributed by atoms with Gasteiger partial charge in [-0.3, -0.25) is 0 Å². The highest BCUT2D eigenvalue weighted by Gasteiger charge is 1.90. The van der Waals surface area contributed by atoms with Crippen LogP contribution in [0.5, 0.6) is 0 Å². The van der Waals surface area contributed by atoms with Crippen LogP contribution in [0, 0.1) is 0 Å². The fraction of sp³-hybridized carbons (Fsp3) is 0.143. The molecule has 0 unspecified atom stereocenters. The second-order valence-electron chi connectivity index (χ2n) is 1.82. The lowest BCUT2D eigenvalue weighted by Crippen LogP contribution is -1.62. The first-order chi connectivity index (χ1) is 4.29. The van der Waals surface area contributed by atoms with Gasteiger partial charge in [-0.1, -0.05) is 34.2 Å². The summed E-state index contributed by atoms with van der Waals surface area (Å²) in [6.07, 6.45) is 9.03. The molecule has 0 saturated carbocycles. The maximum absolute atomic E-state index is 4.22. The summed E-state index contributed by atoms with van der Waals surface area (Å²) in [6.45, 7) is 0. The third-order valence-electron chi connectivity index (χ3n) is 1.04. The first kappa shape index (κ1) is 7.16. The van der Waals surface area contributed by atoms with E-state index in [9.17, 15) is 0 Å². The lowest BCUT2D eigenvalue weighted by molar-refractivity contribution is 1.38. The molecule has 0 amide bonds. The molecular weight excluding hydrogens is 196 g/mol. The molecule has 0 aliphatic heterocycles. The minimum Gasteiger partial charge on any atom is -0.148 e. The molecule has 0 aromatic heterocycles. The zero-order valence-corrected chi connectivity index (χ0v) is 7.32. The number of hydrogen-bond donors (Lipinski definition) is 1. The van der Waals surface area contributed by atoms with Crippen LogP contribution >= 0.6 is 28.6 Å². The Morgan fingerprint density at radius 3 is 3.00 bits per heavy atom. The van der Waals surface area contributed by atoms with Gasteiger partial charge in [0.15, 0.2) is 0 Å². The third-order valence-corrected chi connectivity index (χ3v) is 1.90. The number of halogens is 1. The summed E-state index contributed by atoms with van der Waals surface area (Å²) in [4.78, 5) is 1.10. The Morgan fingerprint density at radius 2 is 2.22 bits per heavy atom. The van der Waals surface area contributed by atoms with Gasteiger partial charge >= 0.3 is 0 Å². The van der Waals surface area contributed by atoms with Crippen molar-refractivity contribution in [2.45, 2.75) is 6.42 Å². The first-order valence-corrected chi connectivity index (χ1v) is 3.95. The smallest absolute Gasteiger partial charge is 0.0172 e. The van der Waals surface area contributed by atoms with Crippen LogP contribution in [0.3, 0.4) is 0 Å². The molecule has 0 atom stereocenters. The lowest BCUT2D eigenvalue weighted by Gasteiger charge is -1.85. The van der Waals surface area contributed by atoms with Crippen molar-refractivity contribution in [3.05, 3.63) is 33.7 Å². The first-order valence-electron chi connectivity index (χ1n) is 2.71. The van der Waals surface area contributed by atoms with E-state index >= 15 is 0 Å². The van der Waals surface area contributed by atoms with Crippen LogP contribution < -0.4 is 0 Å². The predicted molar refractivity (Wildman–Crippen MR) is 47.8 cm³/mol. The fourth-order valence-electron chi connectivity index (χ4n) is 0.592. The zero-order chi connectivity index (χ0) is 6.69. The van der Waals surface area contributed by atoms with E-state index in [1.165, 1.54) is 0 Å². The minimum absolute atomic E-state index is 0.939. The molecule has 48 valence electrons. The Bertz CT molecular complexity index is 189. The van der Waals surface area contributed by atoms with Gasteiger partial charge < -0.3 is 0 Å². The molecule has 0 radical (unpaired) electrons. The highest BCUT2D eigenvalue weighted by Crippen LogP contribution is 2.16. The van der Waals surface area contributed by atoms with Gasteiger partial charge in [0.25, 0.3) is 0 Å². The molecule has 0 saturated heterocycles. The van der Waals surface area contributed by atoms with Crippen molar-refractivity contribution in [2.24, 2.45) is 0 Å². The zero-order valence-electron chi connectivity index (χ0n) is 4.84. The Balaban J connectivity index is 2.80. The molecule has 0 aromatic carbocycles. The van der Waals surface area contributed by atoms with Gasteiger partial charge in [-0.25, -0.2) is 0 Å². The van der Waals surface area contributed by atoms with Crippen LogP contribution in [-0.4, -0.2) is 0 Å². The van der Waals surface area contributed by atoms with E-state index in [0.717, 1.165) is 15.8 Å². The quantitative estimate of drug-likeness (QED) is 0.574. The van der Waals surface area contributed by atoms with Crippen molar-refractivity contribution >= 4 is 28.6 Å². The van der Waals surface area contributed by atoms with Gasteiger partial charge in [0.05, 0.1) is 0 Å². The summed E-state index contributed by atoms with van der Waals surface area (Å²) >= 11 is 7.58. The molecule has 2 heteroatoms. The van der Waals surface area contributed by atoms with Crippen molar-refractivity contribution in [3.63, 3.8) is 0 Å². The summed E-state index contributed by atoms with van der Waals surface area (Å²) in [6, 6.07) is 0. The molecule has 1 aliphatic carbocycles.